The predicted molar refractivity (Wildman–Crippen MR) is 93.2 cm³/mol. The number of halogens is 2. The minimum Gasteiger partial charge on any atom is -0.424 e. The van der Waals surface area contributed by atoms with Crippen LogP contribution in [0.4, 0.5) is 0 Å². The van der Waals surface area contributed by atoms with Gasteiger partial charge in [0, 0.05) is 11.6 Å². The molecule has 8 heteroatoms. The fraction of sp³-hybridized carbons (Fsp3) is 0.533. The number of ether oxygens (including phenoxy) is 1. The van der Waals surface area contributed by atoms with Gasteiger partial charge in [0.15, 0.2) is 0 Å². The summed E-state index contributed by atoms with van der Waals surface area (Å²) in [4.78, 5) is 12.5. The van der Waals surface area contributed by atoms with Crippen molar-refractivity contribution in [3.8, 4) is 5.75 Å². The van der Waals surface area contributed by atoms with Crippen molar-refractivity contribution in [3.05, 3.63) is 27.7 Å². The molecular formula is C15H19BrClNO4S. The van der Waals surface area contributed by atoms with Crippen LogP contribution in [0, 0.1) is 0 Å². The van der Waals surface area contributed by atoms with Crippen LogP contribution in [0.15, 0.2) is 22.7 Å². The number of benzene rings is 1. The van der Waals surface area contributed by atoms with Gasteiger partial charge in [-0.2, -0.15) is 4.31 Å². The Morgan fingerprint density at radius 1 is 1.43 bits per heavy atom. The molecule has 1 aromatic rings. The maximum Gasteiger partial charge on any atom is 0.329 e. The van der Waals surface area contributed by atoms with Gasteiger partial charge in [0.2, 0.25) is 10.0 Å². The second-order valence-corrected chi connectivity index (χ2v) is 8.77. The van der Waals surface area contributed by atoms with Crippen molar-refractivity contribution in [2.24, 2.45) is 0 Å². The summed E-state index contributed by atoms with van der Waals surface area (Å²) in [5, 5.41) is 0.515. The maximum atomic E-state index is 12.5. The first-order valence-electron chi connectivity index (χ1n) is 7.51. The first kappa shape index (κ1) is 18.7. The molecule has 0 saturated carbocycles. The Hall–Kier alpha value is -0.630. The van der Waals surface area contributed by atoms with E-state index in [-0.39, 0.29) is 5.75 Å². The molecule has 0 N–H and O–H groups in total. The van der Waals surface area contributed by atoms with Gasteiger partial charge in [-0.25, -0.2) is 13.2 Å². The van der Waals surface area contributed by atoms with Crippen LogP contribution in [-0.4, -0.2) is 37.0 Å². The van der Waals surface area contributed by atoms with Crippen LogP contribution >= 0.6 is 27.5 Å². The molecule has 0 aliphatic carbocycles. The van der Waals surface area contributed by atoms with Gasteiger partial charge < -0.3 is 4.74 Å². The van der Waals surface area contributed by atoms with Crippen molar-refractivity contribution >= 4 is 43.5 Å². The number of carbonyl (C=O) groups is 1. The third-order valence-corrected chi connectivity index (χ3v) is 6.58. The van der Waals surface area contributed by atoms with Crippen LogP contribution in [0.5, 0.6) is 5.75 Å². The number of hydrogen-bond acceptors (Lipinski definition) is 4. The van der Waals surface area contributed by atoms with E-state index in [0.717, 1.165) is 12.8 Å². The van der Waals surface area contributed by atoms with E-state index in [2.05, 4.69) is 15.9 Å². The standard InChI is InChI=1S/C15H19BrClNO4S/c1-2-9-23(20,21)18-8-4-3-5-13(18)15(19)22-14-7-6-11(17)10-12(14)16/h6-7,10,13H,2-5,8-9H2,1H3. The van der Waals surface area contributed by atoms with E-state index in [1.165, 1.54) is 4.31 Å². The normalized spacial score (nSPS) is 19.5. The van der Waals surface area contributed by atoms with Gasteiger partial charge in [0.1, 0.15) is 11.8 Å². The molecule has 1 unspecified atom stereocenters. The van der Waals surface area contributed by atoms with E-state index in [1.807, 2.05) is 0 Å². The molecule has 1 fully saturated rings. The van der Waals surface area contributed by atoms with Crippen LogP contribution in [-0.2, 0) is 14.8 Å². The van der Waals surface area contributed by atoms with E-state index >= 15 is 0 Å². The molecule has 0 aromatic heterocycles. The van der Waals surface area contributed by atoms with E-state index < -0.39 is 22.0 Å². The first-order valence-corrected chi connectivity index (χ1v) is 10.3. The highest BCUT2D eigenvalue weighted by atomic mass is 79.9. The van der Waals surface area contributed by atoms with E-state index in [1.54, 1.807) is 25.1 Å². The molecule has 1 heterocycles. The number of sulfonamides is 1. The van der Waals surface area contributed by atoms with E-state index in [9.17, 15) is 13.2 Å². The number of hydrogen-bond donors (Lipinski definition) is 0. The second kappa shape index (κ2) is 7.96. The Morgan fingerprint density at radius 3 is 2.83 bits per heavy atom. The monoisotopic (exact) mass is 423 g/mol. The average molecular weight is 425 g/mol. The zero-order valence-corrected chi connectivity index (χ0v) is 16.0. The zero-order valence-electron chi connectivity index (χ0n) is 12.8. The largest absolute Gasteiger partial charge is 0.424 e. The molecular weight excluding hydrogens is 406 g/mol. The van der Waals surface area contributed by atoms with Gasteiger partial charge in [-0.05, 0) is 59.8 Å². The maximum absolute atomic E-state index is 12.5. The Morgan fingerprint density at radius 2 is 2.17 bits per heavy atom. The summed E-state index contributed by atoms with van der Waals surface area (Å²) in [7, 11) is -3.44. The Bertz CT molecular complexity index is 680. The highest BCUT2D eigenvalue weighted by Gasteiger charge is 2.37. The minimum absolute atomic E-state index is 0.0431. The van der Waals surface area contributed by atoms with Gasteiger partial charge in [-0.1, -0.05) is 18.5 Å². The summed E-state index contributed by atoms with van der Waals surface area (Å²) in [5.41, 5.74) is 0. The molecule has 1 aliphatic heterocycles. The number of rotatable bonds is 5. The molecule has 0 radical (unpaired) electrons. The van der Waals surface area contributed by atoms with Crippen LogP contribution in [0.1, 0.15) is 32.6 Å². The third kappa shape index (κ3) is 4.68. The Balaban J connectivity index is 2.18. The second-order valence-electron chi connectivity index (χ2n) is 5.43. The van der Waals surface area contributed by atoms with Crippen molar-refractivity contribution in [2.45, 2.75) is 38.6 Å². The topological polar surface area (TPSA) is 63.7 Å². The minimum atomic E-state index is -3.44. The van der Waals surface area contributed by atoms with Crippen LogP contribution < -0.4 is 4.74 Å². The molecule has 1 atom stereocenters. The van der Waals surface area contributed by atoms with Gasteiger partial charge in [0.25, 0.3) is 0 Å². The summed E-state index contributed by atoms with van der Waals surface area (Å²) < 4.78 is 32.0. The number of carbonyl (C=O) groups excluding carboxylic acids is 1. The fourth-order valence-corrected chi connectivity index (χ4v) is 5.08. The molecule has 128 valence electrons. The number of piperidine rings is 1. The smallest absolute Gasteiger partial charge is 0.329 e. The van der Waals surface area contributed by atoms with Gasteiger partial charge >= 0.3 is 5.97 Å². The highest BCUT2D eigenvalue weighted by Crippen LogP contribution is 2.30. The number of esters is 1. The van der Waals surface area contributed by atoms with E-state index in [0.29, 0.717) is 34.6 Å². The summed E-state index contributed by atoms with van der Waals surface area (Å²) in [6.45, 7) is 2.17. The van der Waals surface area contributed by atoms with Crippen molar-refractivity contribution < 1.29 is 17.9 Å². The highest BCUT2D eigenvalue weighted by molar-refractivity contribution is 9.10. The molecule has 2 rings (SSSR count). The zero-order chi connectivity index (χ0) is 17.0. The quantitative estimate of drug-likeness (QED) is 0.535. The SMILES string of the molecule is CCCS(=O)(=O)N1CCCCC1C(=O)Oc1ccc(Cl)cc1Br. The van der Waals surface area contributed by atoms with Crippen LogP contribution in [0.25, 0.3) is 0 Å². The van der Waals surface area contributed by atoms with Gasteiger partial charge in [-0.3, -0.25) is 0 Å². The van der Waals surface area contributed by atoms with Crippen molar-refractivity contribution in [1.82, 2.24) is 4.31 Å². The summed E-state index contributed by atoms with van der Waals surface area (Å²) >= 11 is 9.15. The summed E-state index contributed by atoms with van der Waals surface area (Å²) in [6, 6.07) is 4.05. The molecule has 23 heavy (non-hydrogen) atoms. The van der Waals surface area contributed by atoms with Crippen molar-refractivity contribution in [2.75, 3.05) is 12.3 Å². The van der Waals surface area contributed by atoms with Gasteiger partial charge in [0.05, 0.1) is 10.2 Å². The molecule has 0 bridgehead atoms. The average Bonchev–Trinajstić information content (AvgIpc) is 2.50. The van der Waals surface area contributed by atoms with Crippen LogP contribution in [0.3, 0.4) is 0 Å². The lowest BCUT2D eigenvalue weighted by atomic mass is 10.1. The Labute approximate surface area is 150 Å². The van der Waals surface area contributed by atoms with Crippen molar-refractivity contribution in [3.63, 3.8) is 0 Å². The van der Waals surface area contributed by atoms with Crippen LogP contribution in [0.2, 0.25) is 5.02 Å². The Kier molecular flexibility index (Phi) is 6.48. The van der Waals surface area contributed by atoms with E-state index in [4.69, 9.17) is 16.3 Å². The molecule has 5 nitrogen and oxygen atoms in total. The first-order chi connectivity index (χ1) is 10.8. The van der Waals surface area contributed by atoms with Gasteiger partial charge in [-0.15, -0.1) is 0 Å². The molecule has 1 aromatic carbocycles. The number of nitrogens with zero attached hydrogens (tertiary/aromatic N) is 1. The lowest BCUT2D eigenvalue weighted by Gasteiger charge is -2.32. The summed E-state index contributed by atoms with van der Waals surface area (Å²) in [6.07, 6.45) is 2.56. The lowest BCUT2D eigenvalue weighted by molar-refractivity contribution is -0.139. The molecule has 1 aliphatic rings. The molecule has 1 saturated heterocycles. The fourth-order valence-electron chi connectivity index (χ4n) is 2.58. The lowest BCUT2D eigenvalue weighted by Crippen LogP contribution is -2.50. The molecule has 0 spiro atoms. The third-order valence-electron chi connectivity index (χ3n) is 3.65. The summed E-state index contributed by atoms with van der Waals surface area (Å²) in [5.74, 6) is -0.174. The molecule has 0 amide bonds. The predicted octanol–water partition coefficient (Wildman–Crippen LogP) is 3.60. The van der Waals surface area contributed by atoms with Crippen molar-refractivity contribution in [1.29, 1.82) is 0 Å².